The number of hydrogen-bond donors (Lipinski definition) is 1. The van der Waals surface area contributed by atoms with Gasteiger partial charge in [0.05, 0.1) is 13.1 Å². The average Bonchev–Trinajstić information content (AvgIpc) is 3.29. The summed E-state index contributed by atoms with van der Waals surface area (Å²) in [5.41, 5.74) is -0.0478. The number of carbonyl (C=O) groups is 3. The molecule has 1 unspecified atom stereocenters. The highest BCUT2D eigenvalue weighted by molar-refractivity contribution is 5.98. The number of amides is 2. The lowest BCUT2D eigenvalue weighted by Gasteiger charge is -2.23. The van der Waals surface area contributed by atoms with Crippen LogP contribution in [0.25, 0.3) is 11.1 Å². The number of likely N-dealkylation sites (tertiary alicyclic amines) is 1. The molecule has 1 aliphatic rings. The Bertz CT molecular complexity index is 1270. The minimum atomic E-state index is -2.38. The van der Waals surface area contributed by atoms with E-state index in [0.29, 0.717) is 16.7 Å². The van der Waals surface area contributed by atoms with Crippen molar-refractivity contribution in [3.8, 4) is 11.1 Å². The predicted molar refractivity (Wildman–Crippen MR) is 130 cm³/mol. The zero-order chi connectivity index (χ0) is 26.4. The lowest BCUT2D eigenvalue weighted by atomic mass is 10.0. The van der Waals surface area contributed by atoms with Crippen molar-refractivity contribution in [1.29, 1.82) is 0 Å². The van der Waals surface area contributed by atoms with Crippen LogP contribution in [0.2, 0.25) is 0 Å². The molecule has 37 heavy (non-hydrogen) atoms. The van der Waals surface area contributed by atoms with Crippen LogP contribution in [0.4, 0.5) is 13.2 Å². The highest BCUT2D eigenvalue weighted by Gasteiger charge is 2.50. The molecule has 1 fully saturated rings. The molecule has 1 aliphatic heterocycles. The number of nitrogens with zero attached hydrogens (tertiary/aromatic N) is 1. The molecule has 0 aliphatic carbocycles. The molecule has 4 rings (SSSR count). The maximum absolute atomic E-state index is 14.8. The third kappa shape index (κ3) is 6.35. The van der Waals surface area contributed by atoms with Crippen molar-refractivity contribution in [3.05, 3.63) is 95.8 Å². The third-order valence-electron chi connectivity index (χ3n) is 6.15. The predicted octanol–water partition coefficient (Wildman–Crippen LogP) is 4.24. The lowest BCUT2D eigenvalue weighted by molar-refractivity contribution is -0.154. The quantitative estimate of drug-likeness (QED) is 0.460. The van der Waals surface area contributed by atoms with Gasteiger partial charge < -0.3 is 15.0 Å². The maximum atomic E-state index is 14.8. The highest BCUT2D eigenvalue weighted by Crippen LogP contribution is 2.32. The van der Waals surface area contributed by atoms with Crippen molar-refractivity contribution in [1.82, 2.24) is 10.2 Å². The minimum absolute atomic E-state index is 0.0752. The second kappa shape index (κ2) is 11.3. The van der Waals surface area contributed by atoms with E-state index in [1.807, 2.05) is 0 Å². The molecule has 3 aromatic carbocycles. The summed E-state index contributed by atoms with van der Waals surface area (Å²) in [7, 11) is 0. The van der Waals surface area contributed by atoms with Gasteiger partial charge in [-0.3, -0.25) is 9.59 Å². The van der Waals surface area contributed by atoms with Gasteiger partial charge in [0.25, 0.3) is 5.91 Å². The summed E-state index contributed by atoms with van der Waals surface area (Å²) in [6.45, 7) is -2.58. The molecular formula is C28H25F3N2O4. The monoisotopic (exact) mass is 510 g/mol. The molecule has 0 spiro atoms. The Morgan fingerprint density at radius 3 is 2.41 bits per heavy atom. The van der Waals surface area contributed by atoms with E-state index in [0.717, 1.165) is 4.90 Å². The molecule has 0 bridgehead atoms. The first-order chi connectivity index (χ1) is 17.8. The molecule has 9 heteroatoms. The van der Waals surface area contributed by atoms with E-state index in [1.165, 1.54) is 12.1 Å². The Hall–Kier alpha value is -4.14. The van der Waals surface area contributed by atoms with Crippen LogP contribution in [0.5, 0.6) is 0 Å². The summed E-state index contributed by atoms with van der Waals surface area (Å²) in [6, 6.07) is 19.8. The van der Waals surface area contributed by atoms with Crippen LogP contribution in [0.1, 0.15) is 22.3 Å². The van der Waals surface area contributed by atoms with E-state index in [-0.39, 0.29) is 18.0 Å². The van der Waals surface area contributed by atoms with Crippen molar-refractivity contribution in [2.24, 2.45) is 0 Å². The second-order valence-electron chi connectivity index (χ2n) is 8.89. The van der Waals surface area contributed by atoms with Gasteiger partial charge in [-0.05, 0) is 41.0 Å². The Balaban J connectivity index is 1.40. The highest BCUT2D eigenvalue weighted by atomic mass is 19.2. The summed E-state index contributed by atoms with van der Waals surface area (Å²) in [5, 5.41) is 2.47. The standard InChI is InChI=1S/C28H25F3N2O4/c29-17-28(31)14-24(27(36)37-16-19-5-2-1-3-6-19)33(18-28)25(34)15-32-26(35)22-8-4-7-21(13-22)20-9-11-23(30)12-10-20/h1-13,24H,14-18H2,(H,32,35)/t24?,28-/m0/s1. The van der Waals surface area contributed by atoms with Gasteiger partial charge in [0.15, 0.2) is 5.67 Å². The van der Waals surface area contributed by atoms with E-state index in [1.54, 1.807) is 66.7 Å². The van der Waals surface area contributed by atoms with Crippen LogP contribution < -0.4 is 5.32 Å². The first-order valence-electron chi connectivity index (χ1n) is 11.7. The average molecular weight is 511 g/mol. The summed E-state index contributed by atoms with van der Waals surface area (Å²) in [6.07, 6.45) is -0.531. The van der Waals surface area contributed by atoms with Crippen LogP contribution >= 0.6 is 0 Å². The fraction of sp³-hybridized carbons (Fsp3) is 0.250. The molecule has 2 amide bonds. The lowest BCUT2D eigenvalue weighted by Crippen LogP contribution is -2.46. The van der Waals surface area contributed by atoms with Crippen LogP contribution in [0, 0.1) is 5.82 Å². The van der Waals surface area contributed by atoms with Gasteiger partial charge in [-0.1, -0.05) is 54.6 Å². The van der Waals surface area contributed by atoms with Crippen LogP contribution in [-0.2, 0) is 20.9 Å². The summed E-state index contributed by atoms with van der Waals surface area (Å²) < 4.78 is 46.7. The molecule has 0 radical (unpaired) electrons. The molecule has 1 N–H and O–H groups in total. The zero-order valence-corrected chi connectivity index (χ0v) is 19.8. The fourth-order valence-electron chi connectivity index (χ4n) is 4.17. The topological polar surface area (TPSA) is 75.7 Å². The zero-order valence-electron chi connectivity index (χ0n) is 19.8. The number of benzene rings is 3. The van der Waals surface area contributed by atoms with Gasteiger partial charge in [-0.25, -0.2) is 18.0 Å². The Labute approximate surface area is 212 Å². The third-order valence-corrected chi connectivity index (χ3v) is 6.15. The maximum Gasteiger partial charge on any atom is 0.329 e. The number of carbonyl (C=O) groups excluding carboxylic acids is 3. The first kappa shape index (κ1) is 25.9. The van der Waals surface area contributed by atoms with E-state index in [9.17, 15) is 27.6 Å². The van der Waals surface area contributed by atoms with Gasteiger partial charge in [-0.2, -0.15) is 0 Å². The molecule has 6 nitrogen and oxygen atoms in total. The number of hydrogen-bond acceptors (Lipinski definition) is 4. The van der Waals surface area contributed by atoms with Crippen LogP contribution in [0.15, 0.2) is 78.9 Å². The molecule has 192 valence electrons. The smallest absolute Gasteiger partial charge is 0.329 e. The van der Waals surface area contributed by atoms with Crippen molar-refractivity contribution in [2.45, 2.75) is 24.7 Å². The number of nitrogens with one attached hydrogen (secondary N) is 1. The molecule has 0 saturated carbocycles. The Morgan fingerprint density at radius 2 is 1.70 bits per heavy atom. The van der Waals surface area contributed by atoms with Gasteiger partial charge in [0, 0.05) is 12.0 Å². The van der Waals surface area contributed by atoms with Gasteiger partial charge in [-0.15, -0.1) is 0 Å². The van der Waals surface area contributed by atoms with Crippen molar-refractivity contribution in [3.63, 3.8) is 0 Å². The largest absolute Gasteiger partial charge is 0.459 e. The van der Waals surface area contributed by atoms with E-state index in [4.69, 9.17) is 4.74 Å². The van der Waals surface area contributed by atoms with Crippen LogP contribution in [-0.4, -0.2) is 54.2 Å². The SMILES string of the molecule is O=C(NCC(=O)N1C[C@@](F)(CF)CC1C(=O)OCc1ccccc1)c1cccc(-c2ccc(F)cc2)c1. The molecule has 3 aromatic rings. The molecule has 1 heterocycles. The first-order valence-corrected chi connectivity index (χ1v) is 11.7. The Kier molecular flexibility index (Phi) is 7.91. The molecule has 1 saturated heterocycles. The van der Waals surface area contributed by atoms with Gasteiger partial charge in [0.1, 0.15) is 25.1 Å². The number of esters is 1. The molecule has 2 atom stereocenters. The van der Waals surface area contributed by atoms with E-state index < -0.39 is 55.7 Å². The van der Waals surface area contributed by atoms with Gasteiger partial charge in [0.2, 0.25) is 5.91 Å². The number of ether oxygens (including phenoxy) is 1. The summed E-state index contributed by atoms with van der Waals surface area (Å²) in [4.78, 5) is 39.2. The fourth-order valence-corrected chi connectivity index (χ4v) is 4.17. The van der Waals surface area contributed by atoms with Gasteiger partial charge >= 0.3 is 5.97 Å². The number of alkyl halides is 2. The summed E-state index contributed by atoms with van der Waals surface area (Å²) >= 11 is 0. The van der Waals surface area contributed by atoms with Crippen molar-refractivity contribution in [2.75, 3.05) is 19.8 Å². The normalized spacial score (nSPS) is 18.9. The molecule has 0 aromatic heterocycles. The molecular weight excluding hydrogens is 485 g/mol. The van der Waals surface area contributed by atoms with Crippen molar-refractivity contribution < 1.29 is 32.3 Å². The second-order valence-corrected chi connectivity index (χ2v) is 8.89. The van der Waals surface area contributed by atoms with E-state index in [2.05, 4.69) is 5.32 Å². The number of halogens is 3. The van der Waals surface area contributed by atoms with Crippen LogP contribution in [0.3, 0.4) is 0 Å². The summed E-state index contributed by atoms with van der Waals surface area (Å²) in [5.74, 6) is -2.54. The minimum Gasteiger partial charge on any atom is -0.459 e. The number of rotatable bonds is 8. The van der Waals surface area contributed by atoms with E-state index >= 15 is 0 Å². The Morgan fingerprint density at radius 1 is 0.973 bits per heavy atom. The van der Waals surface area contributed by atoms with Crippen molar-refractivity contribution >= 4 is 17.8 Å².